The number of carbonyl (C=O) groups is 1. The van der Waals surface area contributed by atoms with Gasteiger partial charge in [-0.2, -0.15) is 5.10 Å². The van der Waals surface area contributed by atoms with Gasteiger partial charge in [-0.1, -0.05) is 48.0 Å². The topological polar surface area (TPSA) is 38.1 Å². The van der Waals surface area contributed by atoms with Gasteiger partial charge in [0.15, 0.2) is 0 Å². The number of hydrogen-bond acceptors (Lipinski definition) is 2. The number of aromatic nitrogens is 2. The molecule has 0 saturated carbocycles. The summed E-state index contributed by atoms with van der Waals surface area (Å²) in [7, 11) is 0. The molecule has 1 heterocycles. The average molecular weight is 347 g/mol. The first-order valence-corrected chi connectivity index (χ1v) is 9.07. The first-order valence-electron chi connectivity index (χ1n) is 9.07. The molecule has 1 aromatic heterocycles. The summed E-state index contributed by atoms with van der Waals surface area (Å²) in [5.74, 6) is 0.00431. The molecule has 0 atom stereocenters. The third-order valence-corrected chi connectivity index (χ3v) is 4.63. The van der Waals surface area contributed by atoms with E-state index >= 15 is 0 Å². The molecule has 1 amide bonds. The minimum Gasteiger partial charge on any atom is -0.338 e. The van der Waals surface area contributed by atoms with E-state index in [0.717, 1.165) is 22.5 Å². The van der Waals surface area contributed by atoms with Gasteiger partial charge in [-0.05, 0) is 45.4 Å². The molecule has 3 rings (SSSR count). The van der Waals surface area contributed by atoms with Gasteiger partial charge in [0.05, 0.1) is 11.4 Å². The Morgan fingerprint density at radius 2 is 1.69 bits per heavy atom. The van der Waals surface area contributed by atoms with Gasteiger partial charge in [0.2, 0.25) is 0 Å². The summed E-state index contributed by atoms with van der Waals surface area (Å²) in [6.45, 7) is 9.46. The van der Waals surface area contributed by atoms with Crippen LogP contribution in [0.4, 0.5) is 0 Å². The largest absolute Gasteiger partial charge is 0.338 e. The average Bonchev–Trinajstić information content (AvgIpc) is 3.08. The van der Waals surface area contributed by atoms with E-state index in [2.05, 4.69) is 26.0 Å². The van der Waals surface area contributed by atoms with E-state index in [0.29, 0.717) is 18.8 Å². The van der Waals surface area contributed by atoms with E-state index in [-0.39, 0.29) is 5.91 Å². The van der Waals surface area contributed by atoms with Gasteiger partial charge in [-0.25, -0.2) is 4.68 Å². The minimum absolute atomic E-state index is 0.00431. The molecule has 2 aromatic carbocycles. The van der Waals surface area contributed by atoms with Crippen molar-refractivity contribution in [2.24, 2.45) is 0 Å². The first kappa shape index (κ1) is 17.9. The highest BCUT2D eigenvalue weighted by Crippen LogP contribution is 2.24. The normalized spacial score (nSPS) is 10.8. The summed E-state index contributed by atoms with van der Waals surface area (Å²) in [4.78, 5) is 14.9. The zero-order valence-electron chi connectivity index (χ0n) is 15.9. The number of amides is 1. The van der Waals surface area contributed by atoms with Crippen LogP contribution in [0.15, 0.2) is 54.6 Å². The van der Waals surface area contributed by atoms with Gasteiger partial charge in [-0.15, -0.1) is 0 Å². The van der Waals surface area contributed by atoms with Crippen molar-refractivity contribution in [3.63, 3.8) is 0 Å². The predicted octanol–water partition coefficient (Wildman–Crippen LogP) is 4.64. The van der Waals surface area contributed by atoms with Gasteiger partial charge in [-0.3, -0.25) is 4.79 Å². The second-order valence-electron chi connectivity index (χ2n) is 6.46. The molecule has 0 aliphatic heterocycles. The maximum Gasteiger partial charge on any atom is 0.272 e. The summed E-state index contributed by atoms with van der Waals surface area (Å²) in [5, 5.41) is 4.78. The van der Waals surface area contributed by atoms with E-state index in [9.17, 15) is 4.79 Å². The standard InChI is InChI=1S/C22H25N3O/c1-5-24(6-2)22(26)21-15-19(18-10-8-7-9-11-18)23-25(21)20-13-12-16(3)14-17(20)4/h7-15H,5-6H2,1-4H3. The van der Waals surface area contributed by atoms with Gasteiger partial charge in [0, 0.05) is 18.7 Å². The molecular weight excluding hydrogens is 322 g/mol. The van der Waals surface area contributed by atoms with Gasteiger partial charge in [0.1, 0.15) is 5.69 Å². The Morgan fingerprint density at radius 1 is 1.00 bits per heavy atom. The number of nitrogens with zero attached hydrogens (tertiary/aromatic N) is 3. The molecule has 0 spiro atoms. The fraction of sp³-hybridized carbons (Fsp3) is 0.273. The van der Waals surface area contributed by atoms with Gasteiger partial charge in [0.25, 0.3) is 5.91 Å². The molecule has 0 unspecified atom stereocenters. The number of aryl methyl sites for hydroxylation is 2. The maximum atomic E-state index is 13.1. The fourth-order valence-electron chi connectivity index (χ4n) is 3.18. The summed E-state index contributed by atoms with van der Waals surface area (Å²) in [5.41, 5.74) is 5.64. The molecule has 26 heavy (non-hydrogen) atoms. The van der Waals surface area contributed by atoms with Crippen LogP contribution in [0.5, 0.6) is 0 Å². The van der Waals surface area contributed by atoms with Crippen molar-refractivity contribution in [3.8, 4) is 16.9 Å². The monoisotopic (exact) mass is 347 g/mol. The molecule has 134 valence electrons. The molecule has 0 fully saturated rings. The minimum atomic E-state index is 0.00431. The Bertz CT molecular complexity index is 908. The van der Waals surface area contributed by atoms with Crippen LogP contribution in [0.25, 0.3) is 16.9 Å². The molecule has 0 bridgehead atoms. The lowest BCUT2D eigenvalue weighted by molar-refractivity contribution is 0.0764. The Labute approximate surface area is 155 Å². The van der Waals surface area contributed by atoms with E-state index < -0.39 is 0 Å². The van der Waals surface area contributed by atoms with Crippen LogP contribution in [-0.2, 0) is 0 Å². The van der Waals surface area contributed by atoms with Crippen LogP contribution in [0.3, 0.4) is 0 Å². The highest BCUT2D eigenvalue weighted by atomic mass is 16.2. The Kier molecular flexibility index (Phi) is 5.21. The molecular formula is C22H25N3O. The molecule has 0 aliphatic rings. The molecule has 0 aliphatic carbocycles. The second kappa shape index (κ2) is 7.56. The highest BCUT2D eigenvalue weighted by molar-refractivity contribution is 5.94. The van der Waals surface area contributed by atoms with Crippen LogP contribution in [0, 0.1) is 13.8 Å². The lowest BCUT2D eigenvalue weighted by atomic mass is 10.1. The predicted molar refractivity (Wildman–Crippen MR) is 106 cm³/mol. The summed E-state index contributed by atoms with van der Waals surface area (Å²) in [6.07, 6.45) is 0. The van der Waals surface area contributed by atoms with E-state index in [1.165, 1.54) is 5.56 Å². The summed E-state index contributed by atoms with van der Waals surface area (Å²) >= 11 is 0. The van der Waals surface area contributed by atoms with Crippen molar-refractivity contribution in [1.29, 1.82) is 0 Å². The molecule has 4 nitrogen and oxygen atoms in total. The lowest BCUT2D eigenvalue weighted by Gasteiger charge is -2.19. The Morgan fingerprint density at radius 3 is 2.31 bits per heavy atom. The molecule has 3 aromatic rings. The van der Waals surface area contributed by atoms with Crippen molar-refractivity contribution in [1.82, 2.24) is 14.7 Å². The lowest BCUT2D eigenvalue weighted by Crippen LogP contribution is -2.32. The van der Waals surface area contributed by atoms with Crippen LogP contribution in [0.1, 0.15) is 35.5 Å². The molecule has 0 N–H and O–H groups in total. The molecule has 0 saturated heterocycles. The summed E-state index contributed by atoms with van der Waals surface area (Å²) < 4.78 is 1.79. The zero-order chi connectivity index (χ0) is 18.7. The molecule has 4 heteroatoms. The maximum absolute atomic E-state index is 13.1. The first-order chi connectivity index (χ1) is 12.5. The van der Waals surface area contributed by atoms with Crippen LogP contribution in [-0.4, -0.2) is 33.7 Å². The number of benzene rings is 2. The van der Waals surface area contributed by atoms with Crippen LogP contribution < -0.4 is 0 Å². The van der Waals surface area contributed by atoms with Gasteiger partial charge < -0.3 is 4.90 Å². The van der Waals surface area contributed by atoms with Crippen molar-refractivity contribution in [3.05, 3.63) is 71.4 Å². The van der Waals surface area contributed by atoms with Crippen molar-refractivity contribution >= 4 is 5.91 Å². The van der Waals surface area contributed by atoms with Crippen molar-refractivity contribution in [2.45, 2.75) is 27.7 Å². The van der Waals surface area contributed by atoms with Crippen LogP contribution in [0.2, 0.25) is 0 Å². The van der Waals surface area contributed by atoms with E-state index in [1.54, 1.807) is 4.68 Å². The third kappa shape index (κ3) is 3.40. The Hall–Kier alpha value is -2.88. The van der Waals surface area contributed by atoms with Crippen molar-refractivity contribution < 1.29 is 4.79 Å². The van der Waals surface area contributed by atoms with Crippen molar-refractivity contribution in [2.75, 3.05) is 13.1 Å². The smallest absolute Gasteiger partial charge is 0.272 e. The second-order valence-corrected chi connectivity index (χ2v) is 6.46. The SMILES string of the molecule is CCN(CC)C(=O)c1cc(-c2ccccc2)nn1-c1ccc(C)cc1C. The van der Waals surface area contributed by atoms with Crippen LogP contribution >= 0.6 is 0 Å². The Balaban J connectivity index is 2.17. The zero-order valence-corrected chi connectivity index (χ0v) is 15.9. The molecule has 0 radical (unpaired) electrons. The fourth-order valence-corrected chi connectivity index (χ4v) is 3.18. The summed E-state index contributed by atoms with van der Waals surface area (Å²) in [6, 6.07) is 18.1. The number of carbonyl (C=O) groups excluding carboxylic acids is 1. The number of rotatable bonds is 5. The number of hydrogen-bond donors (Lipinski definition) is 0. The highest BCUT2D eigenvalue weighted by Gasteiger charge is 2.21. The van der Waals surface area contributed by atoms with E-state index in [4.69, 9.17) is 5.10 Å². The van der Waals surface area contributed by atoms with E-state index in [1.807, 2.05) is 61.2 Å². The quantitative estimate of drug-likeness (QED) is 0.674. The van der Waals surface area contributed by atoms with Gasteiger partial charge >= 0.3 is 0 Å². The third-order valence-electron chi connectivity index (χ3n) is 4.63.